The minimum absolute atomic E-state index is 0.0139. The van der Waals surface area contributed by atoms with Crippen molar-refractivity contribution in [2.24, 2.45) is 5.92 Å². The van der Waals surface area contributed by atoms with E-state index >= 15 is 0 Å². The number of hydrogen-bond acceptors (Lipinski definition) is 7. The van der Waals surface area contributed by atoms with Gasteiger partial charge in [0.05, 0.1) is 12.2 Å². The van der Waals surface area contributed by atoms with E-state index in [0.29, 0.717) is 17.8 Å². The molecule has 1 heterocycles. The highest BCUT2D eigenvalue weighted by Gasteiger charge is 2.30. The van der Waals surface area contributed by atoms with Crippen molar-refractivity contribution in [3.63, 3.8) is 0 Å². The van der Waals surface area contributed by atoms with Gasteiger partial charge in [0.2, 0.25) is 23.6 Å². The smallest absolute Gasteiger partial charge is 0.407 e. The molecule has 1 aliphatic rings. The number of ether oxygens (including phenoxy) is 1. The molecule has 3 aromatic rings. The number of para-hydroxylation sites is 1. The largest absolute Gasteiger partial charge is 0.481 e. The Bertz CT molecular complexity index is 1770. The summed E-state index contributed by atoms with van der Waals surface area (Å²) in [5.41, 5.74) is 4.59. The zero-order valence-electron chi connectivity index (χ0n) is 28.8. The number of amides is 5. The van der Waals surface area contributed by atoms with Crippen molar-refractivity contribution in [1.82, 2.24) is 16.0 Å². The topological polar surface area (TPSA) is 183 Å². The van der Waals surface area contributed by atoms with Crippen molar-refractivity contribution in [2.45, 2.75) is 64.8 Å². The molecule has 1 aliphatic heterocycles. The van der Waals surface area contributed by atoms with Crippen molar-refractivity contribution >= 4 is 59.2 Å². The first-order valence-electron chi connectivity index (χ1n) is 16.7. The zero-order chi connectivity index (χ0) is 36.9. The van der Waals surface area contributed by atoms with Gasteiger partial charge in [-0.15, -0.1) is 0 Å². The van der Waals surface area contributed by atoms with Crippen LogP contribution in [-0.2, 0) is 41.9 Å². The summed E-state index contributed by atoms with van der Waals surface area (Å²) in [6, 6.07) is 19.5. The second-order valence-electron chi connectivity index (χ2n) is 12.4. The molecule has 2 atom stereocenters. The van der Waals surface area contributed by atoms with Crippen molar-refractivity contribution in [3.8, 4) is 0 Å². The van der Waals surface area contributed by atoms with E-state index in [4.69, 9.17) is 4.74 Å². The molecule has 5 amide bonds. The van der Waals surface area contributed by atoms with Gasteiger partial charge in [0, 0.05) is 32.0 Å². The van der Waals surface area contributed by atoms with E-state index in [1.807, 2.05) is 60.7 Å². The summed E-state index contributed by atoms with van der Waals surface area (Å²) in [5.74, 6) is -3.65. The maximum absolute atomic E-state index is 13.6. The highest BCUT2D eigenvalue weighted by Crippen LogP contribution is 2.29. The summed E-state index contributed by atoms with van der Waals surface area (Å²) in [6.45, 7) is 3.78. The lowest BCUT2D eigenvalue weighted by molar-refractivity contribution is -0.138. The Morgan fingerprint density at radius 2 is 1.47 bits per heavy atom. The Hall–Kier alpha value is -5.98. The molecule has 0 spiro atoms. The lowest BCUT2D eigenvalue weighted by Gasteiger charge is -2.27. The molecular formula is C38H43N5O8. The Labute approximate surface area is 296 Å². The minimum atomic E-state index is -1.23. The number of nitrogens with zero attached hydrogens (tertiary/aromatic N) is 1. The maximum atomic E-state index is 13.6. The Morgan fingerprint density at radius 1 is 0.804 bits per heavy atom. The van der Waals surface area contributed by atoms with Crippen LogP contribution in [0.5, 0.6) is 0 Å². The predicted molar refractivity (Wildman–Crippen MR) is 192 cm³/mol. The fourth-order valence-electron chi connectivity index (χ4n) is 5.44. The number of carboxylic acid groups (broad SMARTS) is 1. The molecule has 13 heteroatoms. The van der Waals surface area contributed by atoms with E-state index in [-0.39, 0.29) is 31.8 Å². The lowest BCUT2D eigenvalue weighted by atomic mass is 10.0. The number of hydrogen-bond donors (Lipinski definition) is 5. The number of nitrogens with one attached hydrogen (secondary N) is 4. The summed E-state index contributed by atoms with van der Waals surface area (Å²) in [4.78, 5) is 77.8. The molecule has 0 saturated heterocycles. The van der Waals surface area contributed by atoms with Gasteiger partial charge >= 0.3 is 12.1 Å². The maximum Gasteiger partial charge on any atom is 0.407 e. The van der Waals surface area contributed by atoms with Gasteiger partial charge in [-0.3, -0.25) is 24.0 Å². The number of rotatable bonds is 14. The predicted octanol–water partition coefficient (Wildman–Crippen LogP) is 4.47. The second-order valence-corrected chi connectivity index (χ2v) is 12.4. The number of carboxylic acids is 1. The van der Waals surface area contributed by atoms with Crippen LogP contribution in [0.2, 0.25) is 0 Å². The summed E-state index contributed by atoms with van der Waals surface area (Å²) < 4.78 is 5.00. The van der Waals surface area contributed by atoms with Crippen LogP contribution in [0.15, 0.2) is 72.8 Å². The molecule has 3 aromatic carbocycles. The Morgan fingerprint density at radius 3 is 2.16 bits per heavy atom. The highest BCUT2D eigenvalue weighted by molar-refractivity contribution is 6.00. The standard InChI is InChI=1S/C38H43N5O8/c1-24(2)35(37(49)41-30(18-21-34(46)47)36(48)40-29-16-12-25(13-17-29)23-51-38(50)39-3)42-32(44)19-20-33(45)43-22-28-10-5-4-8-26(28)14-15-27-9-6-7-11-31(27)43/h4-17,24,30,35H,18-23H2,1-3H3,(H,39,50)(H,40,48)(H,41,49)(H,42,44)(H,46,47)/b15-14-/t30-,35-/m0/s1. The fraction of sp³-hybridized carbons (Fsp3) is 0.316. The molecule has 0 unspecified atom stereocenters. The summed E-state index contributed by atoms with van der Waals surface area (Å²) in [5, 5.41) is 19.6. The molecule has 5 N–H and O–H groups in total. The fourth-order valence-corrected chi connectivity index (χ4v) is 5.44. The average Bonchev–Trinajstić information content (AvgIpc) is 3.11. The van der Waals surface area contributed by atoms with Gasteiger partial charge in [-0.2, -0.15) is 0 Å². The molecule has 13 nitrogen and oxygen atoms in total. The van der Waals surface area contributed by atoms with Crippen LogP contribution in [0.3, 0.4) is 0 Å². The van der Waals surface area contributed by atoms with Crippen molar-refractivity contribution in [2.75, 3.05) is 17.3 Å². The number of carbonyl (C=O) groups excluding carboxylic acids is 5. The third kappa shape index (κ3) is 11.0. The molecule has 0 bridgehead atoms. The van der Waals surface area contributed by atoms with E-state index < -0.39 is 54.2 Å². The van der Waals surface area contributed by atoms with Crippen LogP contribution >= 0.6 is 0 Å². The molecule has 4 rings (SSSR count). The Kier molecular flexibility index (Phi) is 13.5. The third-order valence-electron chi connectivity index (χ3n) is 8.26. The van der Waals surface area contributed by atoms with Crippen LogP contribution < -0.4 is 26.2 Å². The Balaban J connectivity index is 1.38. The van der Waals surface area contributed by atoms with Gasteiger partial charge in [-0.1, -0.05) is 80.6 Å². The van der Waals surface area contributed by atoms with E-state index in [0.717, 1.165) is 22.4 Å². The number of aliphatic carboxylic acids is 1. The van der Waals surface area contributed by atoms with Crippen LogP contribution in [0.1, 0.15) is 61.8 Å². The van der Waals surface area contributed by atoms with Crippen LogP contribution in [0.25, 0.3) is 12.2 Å². The molecule has 0 saturated carbocycles. The summed E-state index contributed by atoms with van der Waals surface area (Å²) in [7, 11) is 1.44. The van der Waals surface area contributed by atoms with Gasteiger partial charge in [0.25, 0.3) is 0 Å². The number of benzene rings is 3. The molecule has 0 aromatic heterocycles. The molecule has 268 valence electrons. The molecular weight excluding hydrogens is 654 g/mol. The zero-order valence-corrected chi connectivity index (χ0v) is 28.8. The lowest BCUT2D eigenvalue weighted by Crippen LogP contribution is -2.54. The van der Waals surface area contributed by atoms with E-state index in [9.17, 15) is 33.9 Å². The normalized spacial score (nSPS) is 13.6. The molecule has 0 aliphatic carbocycles. The first kappa shape index (κ1) is 37.8. The van der Waals surface area contributed by atoms with Crippen LogP contribution in [0, 0.1) is 5.92 Å². The minimum Gasteiger partial charge on any atom is -0.481 e. The number of fused-ring (bicyclic) bond motifs is 2. The summed E-state index contributed by atoms with van der Waals surface area (Å²) in [6.07, 6.45) is 2.49. The van der Waals surface area contributed by atoms with E-state index in [2.05, 4.69) is 21.3 Å². The summed E-state index contributed by atoms with van der Waals surface area (Å²) >= 11 is 0. The average molecular weight is 698 g/mol. The number of alkyl carbamates (subject to hydrolysis) is 1. The van der Waals surface area contributed by atoms with Crippen molar-refractivity contribution < 1.29 is 38.6 Å². The van der Waals surface area contributed by atoms with E-state index in [1.165, 1.54) is 7.05 Å². The van der Waals surface area contributed by atoms with Gasteiger partial charge in [0.15, 0.2) is 0 Å². The monoisotopic (exact) mass is 697 g/mol. The third-order valence-corrected chi connectivity index (χ3v) is 8.26. The van der Waals surface area contributed by atoms with Gasteiger partial charge in [0.1, 0.15) is 18.7 Å². The molecule has 0 fully saturated rings. The quantitative estimate of drug-likeness (QED) is 0.164. The first-order valence-corrected chi connectivity index (χ1v) is 16.7. The molecule has 51 heavy (non-hydrogen) atoms. The van der Waals surface area contributed by atoms with E-state index in [1.54, 1.807) is 43.0 Å². The van der Waals surface area contributed by atoms with Gasteiger partial charge in [-0.05, 0) is 52.8 Å². The first-order chi connectivity index (χ1) is 24.4. The highest BCUT2D eigenvalue weighted by atomic mass is 16.5. The van der Waals surface area contributed by atoms with Crippen LogP contribution in [0.4, 0.5) is 16.2 Å². The second kappa shape index (κ2) is 18.1. The van der Waals surface area contributed by atoms with Crippen LogP contribution in [-0.4, -0.2) is 59.9 Å². The van der Waals surface area contributed by atoms with Crippen molar-refractivity contribution in [3.05, 3.63) is 95.1 Å². The molecule has 0 radical (unpaired) electrons. The van der Waals surface area contributed by atoms with Gasteiger partial charge < -0.3 is 36.0 Å². The number of carbonyl (C=O) groups is 6. The SMILES string of the molecule is CNC(=O)OCc1ccc(NC(=O)[C@H](CCC(=O)O)NC(=O)[C@@H](NC(=O)CCC(=O)N2Cc3ccccc3/C=C\c3ccccc32)C(C)C)cc1. The number of anilines is 2. The van der Waals surface area contributed by atoms with Gasteiger partial charge in [-0.25, -0.2) is 4.79 Å². The van der Waals surface area contributed by atoms with Crippen molar-refractivity contribution in [1.29, 1.82) is 0 Å².